The van der Waals surface area contributed by atoms with Crippen LogP contribution in [-0.4, -0.2) is 25.8 Å². The summed E-state index contributed by atoms with van der Waals surface area (Å²) in [6, 6.07) is 4.35. The van der Waals surface area contributed by atoms with Crippen molar-refractivity contribution >= 4 is 29.0 Å². The lowest BCUT2D eigenvalue weighted by Gasteiger charge is -2.19. The number of ether oxygens (including phenoxy) is 1. The summed E-state index contributed by atoms with van der Waals surface area (Å²) in [5, 5.41) is 4.66. The zero-order valence-electron chi connectivity index (χ0n) is 14.9. The van der Waals surface area contributed by atoms with E-state index < -0.39 is 11.9 Å². The average Bonchev–Trinajstić information content (AvgIpc) is 3.18. The standard InChI is InChI=1S/C18H17Cl2FN6O/c1-8(15-11(19)2-3-12(21)16(15)20)28-13-4-9(6-24-17(13)23)18-25-14-5-10(22)7-27(14)26-18/h2-4,6,8,10H,5,7,22H2,1H3,(H2,23,24). The third-order valence-corrected chi connectivity index (χ3v) is 5.24. The fourth-order valence-corrected chi connectivity index (χ4v) is 3.83. The minimum absolute atomic E-state index is 0.0362. The van der Waals surface area contributed by atoms with Gasteiger partial charge in [-0.15, -0.1) is 0 Å². The fraction of sp³-hybridized carbons (Fsp3) is 0.278. The van der Waals surface area contributed by atoms with Gasteiger partial charge < -0.3 is 16.2 Å². The smallest absolute Gasteiger partial charge is 0.183 e. The highest BCUT2D eigenvalue weighted by Gasteiger charge is 2.24. The molecular weight excluding hydrogens is 406 g/mol. The lowest BCUT2D eigenvalue weighted by molar-refractivity contribution is 0.227. The molecule has 3 heterocycles. The van der Waals surface area contributed by atoms with Crippen molar-refractivity contribution in [2.75, 3.05) is 5.73 Å². The number of nitrogens with zero attached hydrogens (tertiary/aromatic N) is 4. The molecule has 28 heavy (non-hydrogen) atoms. The molecule has 2 unspecified atom stereocenters. The Morgan fingerprint density at radius 2 is 2.14 bits per heavy atom. The normalized spacial score (nSPS) is 16.8. The van der Waals surface area contributed by atoms with Crippen molar-refractivity contribution in [3.05, 3.63) is 51.6 Å². The minimum atomic E-state index is -0.659. The van der Waals surface area contributed by atoms with E-state index in [1.165, 1.54) is 12.1 Å². The van der Waals surface area contributed by atoms with Crippen LogP contribution < -0.4 is 16.2 Å². The number of nitrogen functional groups attached to an aromatic ring is 1. The summed E-state index contributed by atoms with van der Waals surface area (Å²) in [7, 11) is 0. The van der Waals surface area contributed by atoms with Crippen LogP contribution in [-0.2, 0) is 13.0 Å². The molecule has 4 rings (SSSR count). The van der Waals surface area contributed by atoms with Gasteiger partial charge in [0.2, 0.25) is 0 Å². The fourth-order valence-electron chi connectivity index (χ4n) is 3.15. The van der Waals surface area contributed by atoms with Gasteiger partial charge in [0.05, 0.1) is 11.6 Å². The van der Waals surface area contributed by atoms with Gasteiger partial charge >= 0.3 is 0 Å². The first-order chi connectivity index (χ1) is 13.3. The predicted molar refractivity (Wildman–Crippen MR) is 105 cm³/mol. The van der Waals surface area contributed by atoms with Gasteiger partial charge in [0.15, 0.2) is 17.4 Å². The van der Waals surface area contributed by atoms with Crippen molar-refractivity contribution in [1.29, 1.82) is 0 Å². The number of rotatable bonds is 4. The topological polar surface area (TPSA) is 105 Å². The molecule has 0 saturated heterocycles. The summed E-state index contributed by atoms with van der Waals surface area (Å²) < 4.78 is 21.5. The maximum Gasteiger partial charge on any atom is 0.183 e. The Labute approximate surface area is 170 Å². The molecule has 0 bridgehead atoms. The molecule has 0 saturated carbocycles. The number of fused-ring (bicyclic) bond motifs is 1. The molecule has 7 nitrogen and oxygen atoms in total. The summed E-state index contributed by atoms with van der Waals surface area (Å²) in [6.45, 7) is 2.32. The van der Waals surface area contributed by atoms with E-state index in [4.69, 9.17) is 39.4 Å². The summed E-state index contributed by atoms with van der Waals surface area (Å²) >= 11 is 12.2. The largest absolute Gasteiger partial charge is 0.482 e. The summed E-state index contributed by atoms with van der Waals surface area (Å²) in [5.41, 5.74) is 12.8. The molecule has 1 aromatic carbocycles. The predicted octanol–water partition coefficient (Wildman–Crippen LogP) is 3.39. The highest BCUT2D eigenvalue weighted by Crippen LogP contribution is 2.36. The first-order valence-corrected chi connectivity index (χ1v) is 9.34. The van der Waals surface area contributed by atoms with Gasteiger partial charge in [-0.2, -0.15) is 5.10 Å². The van der Waals surface area contributed by atoms with Crippen LogP contribution in [0.25, 0.3) is 11.4 Å². The first-order valence-electron chi connectivity index (χ1n) is 8.58. The maximum atomic E-state index is 13.8. The first kappa shape index (κ1) is 18.9. The Balaban J connectivity index is 1.63. The quantitative estimate of drug-likeness (QED) is 0.624. The van der Waals surface area contributed by atoms with Crippen LogP contribution in [0.5, 0.6) is 5.75 Å². The van der Waals surface area contributed by atoms with Crippen LogP contribution in [0.15, 0.2) is 24.4 Å². The molecule has 10 heteroatoms. The van der Waals surface area contributed by atoms with Crippen molar-refractivity contribution in [3.63, 3.8) is 0 Å². The summed E-state index contributed by atoms with van der Waals surface area (Å²) in [5.74, 6) is 1.23. The van der Waals surface area contributed by atoms with Crippen LogP contribution in [0.1, 0.15) is 24.4 Å². The lowest BCUT2D eigenvalue weighted by Crippen LogP contribution is -2.21. The molecule has 1 aliphatic heterocycles. The van der Waals surface area contributed by atoms with Gasteiger partial charge in [-0.1, -0.05) is 23.2 Å². The zero-order chi connectivity index (χ0) is 20.0. The molecule has 2 aromatic heterocycles. The van der Waals surface area contributed by atoms with Crippen LogP contribution in [0.2, 0.25) is 10.0 Å². The number of anilines is 1. The molecule has 0 amide bonds. The number of hydrogen-bond acceptors (Lipinski definition) is 6. The molecule has 0 aliphatic carbocycles. The Morgan fingerprint density at radius 3 is 2.89 bits per heavy atom. The molecule has 0 fully saturated rings. The number of halogens is 3. The highest BCUT2D eigenvalue weighted by atomic mass is 35.5. The van der Waals surface area contributed by atoms with E-state index in [2.05, 4.69) is 15.1 Å². The van der Waals surface area contributed by atoms with E-state index in [0.29, 0.717) is 40.7 Å². The van der Waals surface area contributed by atoms with Crippen molar-refractivity contribution in [2.45, 2.75) is 32.0 Å². The van der Waals surface area contributed by atoms with Crippen LogP contribution in [0, 0.1) is 5.82 Å². The van der Waals surface area contributed by atoms with E-state index in [-0.39, 0.29) is 16.9 Å². The van der Waals surface area contributed by atoms with Gasteiger partial charge in [0.1, 0.15) is 17.7 Å². The van der Waals surface area contributed by atoms with E-state index in [1.54, 1.807) is 23.9 Å². The molecule has 3 aromatic rings. The van der Waals surface area contributed by atoms with E-state index >= 15 is 0 Å². The van der Waals surface area contributed by atoms with Crippen molar-refractivity contribution in [3.8, 4) is 17.1 Å². The molecule has 0 spiro atoms. The third kappa shape index (κ3) is 3.39. The second-order valence-corrected chi connectivity index (χ2v) is 7.41. The van der Waals surface area contributed by atoms with Gasteiger partial charge in [0.25, 0.3) is 0 Å². The second kappa shape index (κ2) is 7.20. The Morgan fingerprint density at radius 1 is 1.36 bits per heavy atom. The molecular formula is C18H17Cl2FN6O. The lowest BCUT2D eigenvalue weighted by atomic mass is 10.1. The van der Waals surface area contributed by atoms with Crippen LogP contribution >= 0.6 is 23.2 Å². The third-order valence-electron chi connectivity index (χ3n) is 4.53. The number of benzene rings is 1. The molecule has 2 atom stereocenters. The summed E-state index contributed by atoms with van der Waals surface area (Å²) in [6.07, 6.45) is 1.58. The SMILES string of the molecule is CC(Oc1cc(-c2nc3n(n2)CC(N)C3)cnc1N)c1c(Cl)ccc(F)c1Cl. The number of nitrogens with two attached hydrogens (primary N) is 2. The molecule has 146 valence electrons. The minimum Gasteiger partial charge on any atom is -0.482 e. The zero-order valence-corrected chi connectivity index (χ0v) is 16.4. The van der Waals surface area contributed by atoms with Crippen LogP contribution in [0.4, 0.5) is 10.2 Å². The van der Waals surface area contributed by atoms with Crippen LogP contribution in [0.3, 0.4) is 0 Å². The van der Waals surface area contributed by atoms with Crippen molar-refractivity contribution in [2.24, 2.45) is 5.73 Å². The monoisotopic (exact) mass is 422 g/mol. The van der Waals surface area contributed by atoms with E-state index in [1.807, 2.05) is 0 Å². The maximum absolute atomic E-state index is 13.8. The highest BCUT2D eigenvalue weighted by molar-refractivity contribution is 6.36. The molecule has 4 N–H and O–H groups in total. The van der Waals surface area contributed by atoms with Gasteiger partial charge in [-0.3, -0.25) is 0 Å². The van der Waals surface area contributed by atoms with Gasteiger partial charge in [0, 0.05) is 34.8 Å². The van der Waals surface area contributed by atoms with E-state index in [0.717, 1.165) is 5.82 Å². The van der Waals surface area contributed by atoms with Crippen molar-refractivity contribution in [1.82, 2.24) is 19.7 Å². The molecule has 1 aliphatic rings. The summed E-state index contributed by atoms with van der Waals surface area (Å²) in [4.78, 5) is 8.66. The number of hydrogen-bond donors (Lipinski definition) is 2. The second-order valence-electron chi connectivity index (χ2n) is 6.62. The average molecular weight is 423 g/mol. The number of pyridine rings is 1. The van der Waals surface area contributed by atoms with E-state index in [9.17, 15) is 4.39 Å². The van der Waals surface area contributed by atoms with Crippen molar-refractivity contribution < 1.29 is 9.13 Å². The molecule has 0 radical (unpaired) electrons. The Kier molecular flexibility index (Phi) is 4.86. The Bertz CT molecular complexity index is 1030. The Hall–Kier alpha value is -2.42. The van der Waals surface area contributed by atoms with Gasteiger partial charge in [-0.05, 0) is 25.1 Å². The number of aromatic nitrogens is 4. The van der Waals surface area contributed by atoms with Gasteiger partial charge in [-0.25, -0.2) is 19.0 Å².